The molecule has 1 aromatic rings. The van der Waals surface area contributed by atoms with Crippen molar-refractivity contribution < 1.29 is 0 Å². The lowest BCUT2D eigenvalue weighted by Gasteiger charge is -2.21. The van der Waals surface area contributed by atoms with E-state index in [1.165, 1.54) is 47.0 Å². The van der Waals surface area contributed by atoms with Gasteiger partial charge in [-0.25, -0.2) is 0 Å². The van der Waals surface area contributed by atoms with E-state index in [1.54, 1.807) is 0 Å². The topological polar surface area (TPSA) is 12.0 Å². The van der Waals surface area contributed by atoms with Gasteiger partial charge in [-0.3, -0.25) is 0 Å². The van der Waals surface area contributed by atoms with E-state index in [1.807, 2.05) is 0 Å². The van der Waals surface area contributed by atoms with Gasteiger partial charge in [0, 0.05) is 16.2 Å². The third-order valence-corrected chi connectivity index (χ3v) is 3.70. The first-order valence-corrected chi connectivity index (χ1v) is 7.41. The second-order valence-electron chi connectivity index (χ2n) is 4.81. The summed E-state index contributed by atoms with van der Waals surface area (Å²) in [4.78, 5) is 0. The highest BCUT2D eigenvalue weighted by molar-refractivity contribution is 9.10. The van der Waals surface area contributed by atoms with E-state index in [9.17, 15) is 0 Å². The molecule has 0 aliphatic rings. The van der Waals surface area contributed by atoms with E-state index in [2.05, 4.69) is 61.1 Å². The number of hydrogen-bond donors (Lipinski definition) is 1. The third-order valence-electron chi connectivity index (χ3n) is 3.24. The van der Waals surface area contributed by atoms with Crippen LogP contribution in [0.4, 0.5) is 5.69 Å². The summed E-state index contributed by atoms with van der Waals surface area (Å²) in [5, 5.41) is 3.71. The summed E-state index contributed by atoms with van der Waals surface area (Å²) in [7, 11) is 0. The van der Waals surface area contributed by atoms with Crippen molar-refractivity contribution in [3.8, 4) is 0 Å². The number of anilines is 1. The van der Waals surface area contributed by atoms with Gasteiger partial charge in [-0.2, -0.15) is 0 Å². The lowest BCUT2D eigenvalue weighted by atomic mass is 10.0. The molecule has 1 rings (SSSR count). The molecule has 0 spiro atoms. The molecule has 2 heteroatoms. The van der Waals surface area contributed by atoms with Crippen molar-refractivity contribution >= 4 is 21.6 Å². The van der Waals surface area contributed by atoms with Gasteiger partial charge in [0.1, 0.15) is 0 Å². The largest absolute Gasteiger partial charge is 0.382 e. The summed E-state index contributed by atoms with van der Waals surface area (Å²) in [6, 6.07) is 4.97. The van der Waals surface area contributed by atoms with Crippen LogP contribution in [0.2, 0.25) is 0 Å². The summed E-state index contributed by atoms with van der Waals surface area (Å²) in [5.41, 5.74) is 3.97. The molecule has 0 bridgehead atoms. The number of rotatable bonds is 6. The highest BCUT2D eigenvalue weighted by Crippen LogP contribution is 2.26. The predicted molar refractivity (Wildman–Crippen MR) is 80.8 cm³/mol. The van der Waals surface area contributed by atoms with Crippen LogP contribution in [-0.4, -0.2) is 6.04 Å². The fourth-order valence-electron chi connectivity index (χ4n) is 2.17. The minimum atomic E-state index is 0.605. The molecule has 0 heterocycles. The van der Waals surface area contributed by atoms with Crippen LogP contribution in [0.15, 0.2) is 16.6 Å². The summed E-state index contributed by atoms with van der Waals surface area (Å²) < 4.78 is 1.17. The first-order valence-electron chi connectivity index (χ1n) is 6.61. The monoisotopic (exact) mass is 297 g/mol. The zero-order valence-corrected chi connectivity index (χ0v) is 13.0. The standard InChI is InChI=1S/C15H24BrN/c1-5-7-8-14(6-2)17-15-11(3)9-13(16)10-12(15)4/h9-10,14,17H,5-8H2,1-4H3. The zero-order chi connectivity index (χ0) is 12.8. The Morgan fingerprint density at radius 2 is 1.76 bits per heavy atom. The van der Waals surface area contributed by atoms with Gasteiger partial charge < -0.3 is 5.32 Å². The van der Waals surface area contributed by atoms with Crippen molar-refractivity contribution in [2.24, 2.45) is 0 Å². The molecule has 0 radical (unpaired) electrons. The van der Waals surface area contributed by atoms with Crippen LogP contribution in [0, 0.1) is 13.8 Å². The average molecular weight is 298 g/mol. The van der Waals surface area contributed by atoms with Gasteiger partial charge in [-0.15, -0.1) is 0 Å². The Morgan fingerprint density at radius 1 is 1.18 bits per heavy atom. The molecule has 0 fully saturated rings. The van der Waals surface area contributed by atoms with Crippen molar-refractivity contribution in [1.29, 1.82) is 0 Å². The lowest BCUT2D eigenvalue weighted by molar-refractivity contribution is 0.593. The van der Waals surface area contributed by atoms with Gasteiger partial charge in [0.25, 0.3) is 0 Å². The summed E-state index contributed by atoms with van der Waals surface area (Å²) in [6.07, 6.45) is 5.04. The van der Waals surface area contributed by atoms with Crippen molar-refractivity contribution in [1.82, 2.24) is 0 Å². The molecule has 96 valence electrons. The normalized spacial score (nSPS) is 12.5. The Labute approximate surface area is 114 Å². The molecule has 0 aliphatic carbocycles. The van der Waals surface area contributed by atoms with Gasteiger partial charge >= 0.3 is 0 Å². The second kappa shape index (κ2) is 7.05. The third kappa shape index (κ3) is 4.34. The molecule has 0 amide bonds. The van der Waals surface area contributed by atoms with Gasteiger partial charge in [-0.1, -0.05) is 42.6 Å². The van der Waals surface area contributed by atoms with Crippen LogP contribution in [0.5, 0.6) is 0 Å². The maximum absolute atomic E-state index is 3.71. The van der Waals surface area contributed by atoms with E-state index in [-0.39, 0.29) is 0 Å². The Morgan fingerprint density at radius 3 is 2.24 bits per heavy atom. The van der Waals surface area contributed by atoms with Crippen molar-refractivity contribution in [3.63, 3.8) is 0 Å². The van der Waals surface area contributed by atoms with E-state index >= 15 is 0 Å². The van der Waals surface area contributed by atoms with Crippen LogP contribution < -0.4 is 5.32 Å². The lowest BCUT2D eigenvalue weighted by Crippen LogP contribution is -2.19. The number of unbranched alkanes of at least 4 members (excludes halogenated alkanes) is 1. The molecule has 1 nitrogen and oxygen atoms in total. The smallest absolute Gasteiger partial charge is 0.0402 e. The van der Waals surface area contributed by atoms with Gasteiger partial charge in [-0.05, 0) is 49.9 Å². The van der Waals surface area contributed by atoms with Crippen LogP contribution >= 0.6 is 15.9 Å². The Kier molecular flexibility index (Phi) is 6.04. The highest BCUT2D eigenvalue weighted by Gasteiger charge is 2.09. The van der Waals surface area contributed by atoms with Crippen LogP contribution in [-0.2, 0) is 0 Å². The molecule has 17 heavy (non-hydrogen) atoms. The fraction of sp³-hybridized carbons (Fsp3) is 0.600. The molecule has 0 saturated carbocycles. The van der Waals surface area contributed by atoms with Crippen LogP contribution in [0.1, 0.15) is 50.7 Å². The minimum Gasteiger partial charge on any atom is -0.382 e. The number of benzene rings is 1. The molecule has 1 atom stereocenters. The first kappa shape index (κ1) is 14.6. The van der Waals surface area contributed by atoms with E-state index in [0.717, 1.165) is 0 Å². The highest BCUT2D eigenvalue weighted by atomic mass is 79.9. The molecule has 0 aliphatic heterocycles. The minimum absolute atomic E-state index is 0.605. The maximum atomic E-state index is 3.71. The second-order valence-corrected chi connectivity index (χ2v) is 5.72. The Balaban J connectivity index is 2.78. The molecule has 0 aromatic heterocycles. The van der Waals surface area contributed by atoms with E-state index in [0.29, 0.717) is 6.04 Å². The Hall–Kier alpha value is -0.500. The molecule has 0 saturated heterocycles. The summed E-state index contributed by atoms with van der Waals surface area (Å²) >= 11 is 3.54. The fourth-order valence-corrected chi connectivity index (χ4v) is 2.86. The number of nitrogens with one attached hydrogen (secondary N) is 1. The van der Waals surface area contributed by atoms with Crippen LogP contribution in [0.25, 0.3) is 0 Å². The van der Waals surface area contributed by atoms with Gasteiger partial charge in [0.2, 0.25) is 0 Å². The maximum Gasteiger partial charge on any atom is 0.0402 e. The number of hydrogen-bond acceptors (Lipinski definition) is 1. The number of halogens is 1. The molecular weight excluding hydrogens is 274 g/mol. The van der Waals surface area contributed by atoms with Crippen molar-refractivity contribution in [3.05, 3.63) is 27.7 Å². The average Bonchev–Trinajstić information content (AvgIpc) is 2.27. The SMILES string of the molecule is CCCCC(CC)Nc1c(C)cc(Br)cc1C. The quantitative estimate of drug-likeness (QED) is 0.736. The predicted octanol–water partition coefficient (Wildman–Crippen LogP) is 5.45. The molecule has 1 aromatic carbocycles. The molecule has 1 N–H and O–H groups in total. The summed E-state index contributed by atoms with van der Waals surface area (Å²) in [5.74, 6) is 0. The summed E-state index contributed by atoms with van der Waals surface area (Å²) in [6.45, 7) is 8.86. The van der Waals surface area contributed by atoms with Crippen molar-refractivity contribution in [2.75, 3.05) is 5.32 Å². The molecule has 1 unspecified atom stereocenters. The Bertz CT molecular complexity index is 337. The van der Waals surface area contributed by atoms with Gasteiger partial charge in [0.15, 0.2) is 0 Å². The number of aryl methyl sites for hydroxylation is 2. The molecular formula is C15H24BrN. The van der Waals surface area contributed by atoms with E-state index < -0.39 is 0 Å². The zero-order valence-electron chi connectivity index (χ0n) is 11.4. The van der Waals surface area contributed by atoms with Crippen LogP contribution in [0.3, 0.4) is 0 Å². The first-order chi connectivity index (χ1) is 8.08. The van der Waals surface area contributed by atoms with E-state index in [4.69, 9.17) is 0 Å². The van der Waals surface area contributed by atoms with Gasteiger partial charge in [0.05, 0.1) is 0 Å². The van der Waals surface area contributed by atoms with Crippen molar-refractivity contribution in [2.45, 2.75) is 59.4 Å².